The van der Waals surface area contributed by atoms with Gasteiger partial charge in [-0.3, -0.25) is 15.1 Å². The molecule has 10 heteroatoms. The van der Waals surface area contributed by atoms with E-state index in [2.05, 4.69) is 36.9 Å². The Bertz CT molecular complexity index is 1200. The first-order chi connectivity index (χ1) is 15.0. The number of rotatable bonds is 5. The van der Waals surface area contributed by atoms with Gasteiger partial charge in [-0.1, -0.05) is 6.07 Å². The Morgan fingerprint density at radius 1 is 1.00 bits per heavy atom. The molecule has 0 N–H and O–H groups in total. The van der Waals surface area contributed by atoms with Crippen molar-refractivity contribution in [1.82, 2.24) is 0 Å². The fourth-order valence-electron chi connectivity index (χ4n) is 2.74. The molecular weight excluding hydrogens is 557 g/mol. The quantitative estimate of drug-likeness (QED) is 0.176. The maximum Gasteiger partial charge on any atom is 0.416 e. The van der Waals surface area contributed by atoms with Crippen LogP contribution in [0.5, 0.6) is 11.5 Å². The SMILES string of the molecule is Cc1ccc(N=Cc2cc(Br)c(Oc3ccc(C(F)(F)F)cc3[N+](=O)[O-])c(Br)c2)cc1C. The van der Waals surface area contributed by atoms with Crippen molar-refractivity contribution in [1.29, 1.82) is 0 Å². The predicted octanol–water partition coefficient (Wildman–Crippen LogP) is 8.30. The molecule has 0 radical (unpaired) electrons. The second kappa shape index (κ2) is 9.41. The smallest absolute Gasteiger partial charge is 0.416 e. The van der Waals surface area contributed by atoms with Gasteiger partial charge in [0.25, 0.3) is 0 Å². The van der Waals surface area contributed by atoms with Crippen LogP contribution in [0.4, 0.5) is 24.5 Å². The summed E-state index contributed by atoms with van der Waals surface area (Å²) in [4.78, 5) is 14.8. The van der Waals surface area contributed by atoms with Crippen molar-refractivity contribution in [2.24, 2.45) is 4.99 Å². The van der Waals surface area contributed by atoms with E-state index in [0.717, 1.165) is 28.9 Å². The molecule has 0 aliphatic carbocycles. The molecule has 3 aromatic carbocycles. The lowest BCUT2D eigenvalue weighted by molar-refractivity contribution is -0.385. The van der Waals surface area contributed by atoms with E-state index >= 15 is 0 Å². The highest BCUT2D eigenvalue weighted by atomic mass is 79.9. The Hall–Kier alpha value is -2.72. The number of hydrogen-bond donors (Lipinski definition) is 0. The van der Waals surface area contributed by atoms with Gasteiger partial charge in [0.2, 0.25) is 5.75 Å². The number of benzene rings is 3. The van der Waals surface area contributed by atoms with Crippen molar-refractivity contribution in [3.8, 4) is 11.5 Å². The highest BCUT2D eigenvalue weighted by molar-refractivity contribution is 9.11. The first-order valence-electron chi connectivity index (χ1n) is 9.09. The molecule has 0 saturated carbocycles. The average molecular weight is 572 g/mol. The standard InChI is InChI=1S/C22H15Br2F3N2O3/c1-12-3-5-16(7-13(12)2)28-11-14-8-17(23)21(18(24)9-14)32-20-6-4-15(22(25,26)27)10-19(20)29(30)31/h3-11H,1-2H3. The fourth-order valence-corrected chi connectivity index (χ4v) is 4.12. The second-order valence-corrected chi connectivity index (χ2v) is 8.59. The second-order valence-electron chi connectivity index (χ2n) is 6.88. The number of nitro groups is 1. The Balaban J connectivity index is 1.91. The molecular formula is C22H15Br2F3N2O3. The minimum Gasteiger partial charge on any atom is -0.448 e. The van der Waals surface area contributed by atoms with Gasteiger partial charge in [-0.25, -0.2) is 0 Å². The van der Waals surface area contributed by atoms with E-state index in [-0.39, 0.29) is 11.5 Å². The van der Waals surface area contributed by atoms with Gasteiger partial charge in [0.15, 0.2) is 5.75 Å². The molecule has 0 fully saturated rings. The topological polar surface area (TPSA) is 64.7 Å². The van der Waals surface area contributed by atoms with Crippen molar-refractivity contribution >= 4 is 49.4 Å². The van der Waals surface area contributed by atoms with Crippen LogP contribution < -0.4 is 4.74 Å². The summed E-state index contributed by atoms with van der Waals surface area (Å²) < 4.78 is 45.2. The Kier molecular flexibility index (Phi) is 7.04. The van der Waals surface area contributed by atoms with Crippen molar-refractivity contribution in [3.05, 3.63) is 89.8 Å². The third kappa shape index (κ3) is 5.55. The molecule has 0 bridgehead atoms. The van der Waals surface area contributed by atoms with Crippen LogP contribution in [0.15, 0.2) is 62.5 Å². The van der Waals surface area contributed by atoms with Crippen LogP contribution in [0.2, 0.25) is 0 Å². The summed E-state index contributed by atoms with van der Waals surface area (Å²) in [5.74, 6) is -0.142. The first-order valence-corrected chi connectivity index (χ1v) is 10.7. The van der Waals surface area contributed by atoms with Crippen LogP contribution in [0.3, 0.4) is 0 Å². The summed E-state index contributed by atoms with van der Waals surface area (Å²) in [6, 6.07) is 11.3. The van der Waals surface area contributed by atoms with Crippen molar-refractivity contribution in [2.45, 2.75) is 20.0 Å². The molecule has 0 aliphatic heterocycles. The van der Waals surface area contributed by atoms with Crippen LogP contribution >= 0.6 is 31.9 Å². The van der Waals surface area contributed by atoms with Gasteiger partial charge in [-0.2, -0.15) is 13.2 Å². The summed E-state index contributed by atoms with van der Waals surface area (Å²) in [6.45, 7) is 4.00. The largest absolute Gasteiger partial charge is 0.448 e. The zero-order valence-electron chi connectivity index (χ0n) is 16.7. The van der Waals surface area contributed by atoms with Gasteiger partial charge in [-0.05, 0) is 98.8 Å². The number of aryl methyl sites for hydroxylation is 2. The normalized spacial score (nSPS) is 11.7. The monoisotopic (exact) mass is 570 g/mol. The third-order valence-corrected chi connectivity index (χ3v) is 5.75. The van der Waals surface area contributed by atoms with Crippen LogP contribution in [-0.4, -0.2) is 11.1 Å². The molecule has 0 spiro atoms. The van der Waals surface area contributed by atoms with E-state index < -0.39 is 22.4 Å². The molecule has 0 saturated heterocycles. The number of hydrogen-bond acceptors (Lipinski definition) is 4. The van der Waals surface area contributed by atoms with Gasteiger partial charge in [0.05, 0.1) is 25.1 Å². The molecule has 32 heavy (non-hydrogen) atoms. The number of halogens is 5. The van der Waals surface area contributed by atoms with E-state index in [0.29, 0.717) is 20.6 Å². The van der Waals surface area contributed by atoms with E-state index in [1.165, 1.54) is 0 Å². The molecule has 0 atom stereocenters. The van der Waals surface area contributed by atoms with E-state index in [1.54, 1.807) is 18.3 Å². The van der Waals surface area contributed by atoms with Gasteiger partial charge in [0, 0.05) is 12.3 Å². The Labute approximate surface area is 198 Å². The Morgan fingerprint density at radius 2 is 1.66 bits per heavy atom. The minimum atomic E-state index is -4.71. The molecule has 3 aromatic rings. The van der Waals surface area contributed by atoms with Crippen molar-refractivity contribution in [3.63, 3.8) is 0 Å². The highest BCUT2D eigenvalue weighted by Gasteiger charge is 2.33. The Morgan fingerprint density at radius 3 is 2.22 bits per heavy atom. The summed E-state index contributed by atoms with van der Waals surface area (Å²) in [7, 11) is 0. The lowest BCUT2D eigenvalue weighted by Gasteiger charge is -2.13. The van der Waals surface area contributed by atoms with Crippen LogP contribution in [-0.2, 0) is 6.18 Å². The molecule has 0 heterocycles. The predicted molar refractivity (Wildman–Crippen MR) is 123 cm³/mol. The third-order valence-electron chi connectivity index (χ3n) is 4.57. The van der Waals surface area contributed by atoms with E-state index in [9.17, 15) is 23.3 Å². The zero-order chi connectivity index (χ0) is 23.6. The summed E-state index contributed by atoms with van der Waals surface area (Å²) in [6.07, 6.45) is -3.06. The van der Waals surface area contributed by atoms with Gasteiger partial charge < -0.3 is 4.74 Å². The van der Waals surface area contributed by atoms with Crippen molar-refractivity contribution in [2.75, 3.05) is 0 Å². The van der Waals surface area contributed by atoms with Gasteiger partial charge in [0.1, 0.15) is 0 Å². The lowest BCUT2D eigenvalue weighted by atomic mass is 10.1. The lowest BCUT2D eigenvalue weighted by Crippen LogP contribution is -2.06. The fraction of sp³-hybridized carbons (Fsp3) is 0.136. The average Bonchev–Trinajstić information content (AvgIpc) is 2.70. The maximum absolute atomic E-state index is 12.9. The van der Waals surface area contributed by atoms with Gasteiger partial charge in [-0.15, -0.1) is 0 Å². The zero-order valence-corrected chi connectivity index (χ0v) is 19.9. The van der Waals surface area contributed by atoms with Crippen LogP contribution in [0.25, 0.3) is 0 Å². The van der Waals surface area contributed by atoms with E-state index in [4.69, 9.17) is 4.74 Å². The molecule has 0 aromatic heterocycles. The highest BCUT2D eigenvalue weighted by Crippen LogP contribution is 2.42. The number of ether oxygens (including phenoxy) is 1. The summed E-state index contributed by atoms with van der Waals surface area (Å²) in [5.41, 5.74) is 1.83. The van der Waals surface area contributed by atoms with Crippen LogP contribution in [0, 0.1) is 24.0 Å². The van der Waals surface area contributed by atoms with E-state index in [1.807, 2.05) is 32.0 Å². The molecule has 0 aliphatic rings. The van der Waals surface area contributed by atoms with Crippen molar-refractivity contribution < 1.29 is 22.8 Å². The minimum absolute atomic E-state index is 0.177. The molecule has 3 rings (SSSR count). The number of nitrogens with zero attached hydrogens (tertiary/aromatic N) is 2. The number of nitro benzene ring substituents is 1. The summed E-state index contributed by atoms with van der Waals surface area (Å²) >= 11 is 6.69. The summed E-state index contributed by atoms with van der Waals surface area (Å²) in [5, 5.41) is 11.3. The number of alkyl halides is 3. The molecule has 5 nitrogen and oxygen atoms in total. The first kappa shape index (κ1) is 23.9. The molecule has 0 unspecified atom stereocenters. The van der Waals surface area contributed by atoms with Crippen LogP contribution in [0.1, 0.15) is 22.3 Å². The molecule has 0 amide bonds. The molecule has 166 valence electrons. The number of aliphatic imine (C=N–C) groups is 1. The van der Waals surface area contributed by atoms with Gasteiger partial charge >= 0.3 is 11.9 Å². The maximum atomic E-state index is 12.9.